The first-order valence-corrected chi connectivity index (χ1v) is 4.14. The van der Waals surface area contributed by atoms with Crippen molar-refractivity contribution < 1.29 is 13.9 Å². The highest BCUT2D eigenvalue weighted by molar-refractivity contribution is 6.29. The highest BCUT2D eigenvalue weighted by Crippen LogP contribution is 2.12. The standard InChI is InChI=1S/C8H10ClNO3/c1-12-5-4-10-8(11)6-2-3-7(9)13-6/h2-3H,4-5H2,1H3,(H,10,11). The summed E-state index contributed by atoms with van der Waals surface area (Å²) in [5.74, 6) is -0.0787. The van der Waals surface area contributed by atoms with Crippen LogP contribution in [0, 0.1) is 0 Å². The Kier molecular flexibility index (Phi) is 3.79. The molecule has 72 valence electrons. The van der Waals surface area contributed by atoms with Gasteiger partial charge < -0.3 is 14.5 Å². The summed E-state index contributed by atoms with van der Waals surface area (Å²) in [6.07, 6.45) is 0. The normalized spacial score (nSPS) is 10.0. The minimum Gasteiger partial charge on any atom is -0.440 e. The number of furan rings is 1. The van der Waals surface area contributed by atoms with Crippen molar-refractivity contribution in [1.29, 1.82) is 0 Å². The summed E-state index contributed by atoms with van der Waals surface area (Å²) in [7, 11) is 1.57. The molecule has 4 nitrogen and oxygen atoms in total. The van der Waals surface area contributed by atoms with Crippen molar-refractivity contribution in [2.75, 3.05) is 20.3 Å². The van der Waals surface area contributed by atoms with Gasteiger partial charge in [0, 0.05) is 13.7 Å². The largest absolute Gasteiger partial charge is 0.440 e. The predicted molar refractivity (Wildman–Crippen MR) is 47.9 cm³/mol. The number of hydrogen-bond donors (Lipinski definition) is 1. The summed E-state index contributed by atoms with van der Waals surface area (Å²) in [6.45, 7) is 0.924. The monoisotopic (exact) mass is 203 g/mol. The van der Waals surface area contributed by atoms with Crippen LogP contribution in [-0.4, -0.2) is 26.2 Å². The van der Waals surface area contributed by atoms with Gasteiger partial charge in [-0.1, -0.05) is 0 Å². The van der Waals surface area contributed by atoms with Gasteiger partial charge in [0.05, 0.1) is 6.61 Å². The van der Waals surface area contributed by atoms with E-state index in [9.17, 15) is 4.79 Å². The van der Waals surface area contributed by atoms with Crippen LogP contribution in [0.4, 0.5) is 0 Å². The van der Waals surface area contributed by atoms with E-state index in [2.05, 4.69) is 5.32 Å². The van der Waals surface area contributed by atoms with Gasteiger partial charge in [-0.2, -0.15) is 0 Å². The average Bonchev–Trinajstić information content (AvgIpc) is 2.52. The lowest BCUT2D eigenvalue weighted by Crippen LogP contribution is -2.26. The van der Waals surface area contributed by atoms with Crippen molar-refractivity contribution in [3.05, 3.63) is 23.1 Å². The van der Waals surface area contributed by atoms with E-state index < -0.39 is 0 Å². The van der Waals surface area contributed by atoms with Gasteiger partial charge >= 0.3 is 0 Å². The zero-order chi connectivity index (χ0) is 9.68. The smallest absolute Gasteiger partial charge is 0.287 e. The van der Waals surface area contributed by atoms with Crippen molar-refractivity contribution in [3.8, 4) is 0 Å². The van der Waals surface area contributed by atoms with Gasteiger partial charge in [0.1, 0.15) is 0 Å². The maximum atomic E-state index is 11.2. The van der Waals surface area contributed by atoms with E-state index in [0.717, 1.165) is 0 Å². The predicted octanol–water partition coefficient (Wildman–Crippen LogP) is 1.31. The summed E-state index contributed by atoms with van der Waals surface area (Å²) >= 11 is 5.49. The van der Waals surface area contributed by atoms with E-state index in [1.54, 1.807) is 7.11 Å². The van der Waals surface area contributed by atoms with E-state index >= 15 is 0 Å². The molecule has 1 heterocycles. The topological polar surface area (TPSA) is 51.5 Å². The van der Waals surface area contributed by atoms with Crippen molar-refractivity contribution >= 4 is 17.5 Å². The van der Waals surface area contributed by atoms with Crippen molar-refractivity contribution in [3.63, 3.8) is 0 Å². The minimum atomic E-state index is -0.288. The van der Waals surface area contributed by atoms with Gasteiger partial charge in [-0.25, -0.2) is 0 Å². The van der Waals surface area contributed by atoms with E-state index in [4.69, 9.17) is 20.8 Å². The van der Waals surface area contributed by atoms with Crippen LogP contribution in [0.2, 0.25) is 5.22 Å². The Labute approximate surface area is 80.8 Å². The molecule has 1 amide bonds. The summed E-state index contributed by atoms with van der Waals surface area (Å²) < 4.78 is 9.65. The lowest BCUT2D eigenvalue weighted by molar-refractivity contribution is 0.0909. The highest BCUT2D eigenvalue weighted by atomic mass is 35.5. The molecule has 1 N–H and O–H groups in total. The average molecular weight is 204 g/mol. The number of nitrogens with one attached hydrogen (secondary N) is 1. The first-order chi connectivity index (χ1) is 6.24. The molecule has 13 heavy (non-hydrogen) atoms. The van der Waals surface area contributed by atoms with E-state index in [1.165, 1.54) is 12.1 Å². The van der Waals surface area contributed by atoms with Crippen LogP contribution in [0.3, 0.4) is 0 Å². The molecule has 1 aromatic rings. The molecule has 0 bridgehead atoms. The Morgan fingerprint density at radius 2 is 2.46 bits per heavy atom. The van der Waals surface area contributed by atoms with Crippen LogP contribution in [0.1, 0.15) is 10.6 Å². The van der Waals surface area contributed by atoms with Crippen LogP contribution < -0.4 is 5.32 Å². The summed E-state index contributed by atoms with van der Waals surface area (Å²) in [6, 6.07) is 3.04. The molecule has 1 rings (SSSR count). The molecule has 1 aromatic heterocycles. The molecule has 0 saturated heterocycles. The van der Waals surface area contributed by atoms with E-state index in [-0.39, 0.29) is 16.9 Å². The fourth-order valence-electron chi connectivity index (χ4n) is 0.790. The fraction of sp³-hybridized carbons (Fsp3) is 0.375. The van der Waals surface area contributed by atoms with Crippen LogP contribution >= 0.6 is 11.6 Å². The van der Waals surface area contributed by atoms with Crippen LogP contribution in [0.15, 0.2) is 16.5 Å². The van der Waals surface area contributed by atoms with Gasteiger partial charge in [0.25, 0.3) is 5.91 Å². The lowest BCUT2D eigenvalue weighted by Gasteiger charge is -2.00. The first-order valence-electron chi connectivity index (χ1n) is 3.76. The van der Waals surface area contributed by atoms with E-state index in [0.29, 0.717) is 13.2 Å². The second kappa shape index (κ2) is 4.89. The van der Waals surface area contributed by atoms with Gasteiger partial charge in [0.15, 0.2) is 11.0 Å². The molecule has 0 atom stereocenters. The molecule has 0 radical (unpaired) electrons. The second-order valence-electron chi connectivity index (χ2n) is 2.35. The van der Waals surface area contributed by atoms with Crippen molar-refractivity contribution in [1.82, 2.24) is 5.32 Å². The van der Waals surface area contributed by atoms with Gasteiger partial charge in [0.2, 0.25) is 0 Å². The van der Waals surface area contributed by atoms with Gasteiger partial charge in [-0.3, -0.25) is 4.79 Å². The number of carbonyl (C=O) groups excluding carboxylic acids is 1. The lowest BCUT2D eigenvalue weighted by atomic mass is 10.4. The Hall–Kier alpha value is -1.00. The van der Waals surface area contributed by atoms with Crippen molar-refractivity contribution in [2.45, 2.75) is 0 Å². The van der Waals surface area contributed by atoms with Crippen LogP contribution in [0.5, 0.6) is 0 Å². The number of methoxy groups -OCH3 is 1. The zero-order valence-electron chi connectivity index (χ0n) is 7.17. The Morgan fingerprint density at radius 1 is 1.69 bits per heavy atom. The molecule has 0 saturated carbocycles. The quantitative estimate of drug-likeness (QED) is 0.751. The van der Waals surface area contributed by atoms with E-state index in [1.807, 2.05) is 0 Å². The Balaban J connectivity index is 2.40. The van der Waals surface area contributed by atoms with Crippen LogP contribution in [0.25, 0.3) is 0 Å². The Morgan fingerprint density at radius 3 is 3.00 bits per heavy atom. The molecular formula is C8H10ClNO3. The maximum absolute atomic E-state index is 11.2. The molecule has 0 aliphatic heterocycles. The third-order valence-electron chi connectivity index (χ3n) is 1.39. The number of amides is 1. The molecule has 0 unspecified atom stereocenters. The molecule has 0 aliphatic carbocycles. The molecule has 0 fully saturated rings. The van der Waals surface area contributed by atoms with Gasteiger partial charge in [-0.15, -0.1) is 0 Å². The SMILES string of the molecule is COCCNC(=O)c1ccc(Cl)o1. The Bertz CT molecular complexity index is 285. The molecule has 0 aliphatic rings. The zero-order valence-corrected chi connectivity index (χ0v) is 7.93. The second-order valence-corrected chi connectivity index (χ2v) is 2.72. The third-order valence-corrected chi connectivity index (χ3v) is 1.59. The van der Waals surface area contributed by atoms with Crippen molar-refractivity contribution in [2.24, 2.45) is 0 Å². The fourth-order valence-corrected chi connectivity index (χ4v) is 0.936. The summed E-state index contributed by atoms with van der Waals surface area (Å²) in [4.78, 5) is 11.2. The molecular weight excluding hydrogens is 194 g/mol. The molecule has 0 aromatic carbocycles. The number of hydrogen-bond acceptors (Lipinski definition) is 3. The van der Waals surface area contributed by atoms with Crippen LogP contribution in [-0.2, 0) is 4.74 Å². The minimum absolute atomic E-state index is 0.205. The maximum Gasteiger partial charge on any atom is 0.287 e. The molecule has 5 heteroatoms. The third kappa shape index (κ3) is 3.08. The molecule has 0 spiro atoms. The number of carbonyl (C=O) groups is 1. The van der Waals surface area contributed by atoms with Gasteiger partial charge in [-0.05, 0) is 23.7 Å². The number of ether oxygens (including phenoxy) is 1. The summed E-state index contributed by atoms with van der Waals surface area (Å²) in [5, 5.41) is 2.80. The number of halogens is 1. The first kappa shape index (κ1) is 10.1. The summed E-state index contributed by atoms with van der Waals surface area (Å²) in [5.41, 5.74) is 0. The highest BCUT2D eigenvalue weighted by Gasteiger charge is 2.08. The number of rotatable bonds is 4.